The third kappa shape index (κ3) is 7.71. The van der Waals surface area contributed by atoms with Crippen LogP contribution in [0.1, 0.15) is 77.1 Å². The summed E-state index contributed by atoms with van der Waals surface area (Å²) in [6.45, 7) is 23.2. The first kappa shape index (κ1) is 34.0. The first-order valence-electron chi connectivity index (χ1n) is 17.0. The molecule has 3 aromatic rings. The molecule has 3 heterocycles. The lowest BCUT2D eigenvalue weighted by atomic mass is 9.60. The Morgan fingerprint density at radius 2 is 1.65 bits per heavy atom. The maximum absolute atomic E-state index is 12.5. The van der Waals surface area contributed by atoms with Gasteiger partial charge in [0.2, 0.25) is 5.95 Å². The Morgan fingerprint density at radius 1 is 0.958 bits per heavy atom. The minimum atomic E-state index is -0.451. The zero-order chi connectivity index (χ0) is 34.1. The molecule has 254 valence electrons. The lowest BCUT2D eigenvalue weighted by Crippen LogP contribution is -2.59. The van der Waals surface area contributed by atoms with Gasteiger partial charge in [-0.1, -0.05) is 43.6 Å². The van der Waals surface area contributed by atoms with Gasteiger partial charge in [-0.2, -0.15) is 0 Å². The summed E-state index contributed by atoms with van der Waals surface area (Å²) in [6.07, 6.45) is 6.23. The van der Waals surface area contributed by atoms with Crippen molar-refractivity contribution in [3.05, 3.63) is 88.0 Å². The van der Waals surface area contributed by atoms with Crippen molar-refractivity contribution >= 4 is 29.3 Å². The molecule has 3 aliphatic rings. The van der Waals surface area contributed by atoms with Gasteiger partial charge in [0.1, 0.15) is 18.0 Å². The highest BCUT2D eigenvalue weighted by atomic mass is 35.5. The number of likely N-dealkylation sites (tertiary alicyclic amines) is 1. The zero-order valence-electron chi connectivity index (χ0n) is 28.8. The van der Waals surface area contributed by atoms with Crippen molar-refractivity contribution in [2.75, 3.05) is 44.2 Å². The van der Waals surface area contributed by atoms with Gasteiger partial charge in [-0.25, -0.2) is 19.6 Å². The number of piperidine rings is 1. The van der Waals surface area contributed by atoms with E-state index < -0.39 is 5.60 Å². The Morgan fingerprint density at radius 3 is 2.29 bits per heavy atom. The van der Waals surface area contributed by atoms with Gasteiger partial charge in [-0.3, -0.25) is 4.90 Å². The lowest BCUT2D eigenvalue weighted by Gasteiger charge is -2.56. The molecule has 6 rings (SSSR count). The van der Waals surface area contributed by atoms with Gasteiger partial charge in [0.25, 0.3) is 0 Å². The van der Waals surface area contributed by atoms with Crippen molar-refractivity contribution in [1.82, 2.24) is 19.8 Å². The number of aromatic nitrogens is 2. The fourth-order valence-electron chi connectivity index (χ4n) is 7.29. The van der Waals surface area contributed by atoms with Crippen LogP contribution in [0.3, 0.4) is 0 Å². The number of rotatable bonds is 7. The van der Waals surface area contributed by atoms with Crippen molar-refractivity contribution < 1.29 is 14.3 Å². The summed E-state index contributed by atoms with van der Waals surface area (Å²) >= 11 is 6.29. The number of halogens is 1. The van der Waals surface area contributed by atoms with Crippen LogP contribution in [-0.4, -0.2) is 76.8 Å². The molecule has 48 heavy (non-hydrogen) atoms. The third-order valence-electron chi connectivity index (χ3n) is 10.3. The minimum Gasteiger partial charge on any atom is -0.487 e. The van der Waals surface area contributed by atoms with Crippen LogP contribution in [0.2, 0.25) is 5.02 Å². The van der Waals surface area contributed by atoms with E-state index in [4.69, 9.17) is 32.6 Å². The van der Waals surface area contributed by atoms with Crippen molar-refractivity contribution in [2.24, 2.45) is 5.41 Å². The number of piperazine rings is 1. The second-order valence-corrected chi connectivity index (χ2v) is 15.6. The van der Waals surface area contributed by atoms with Crippen LogP contribution in [0.25, 0.3) is 4.85 Å². The van der Waals surface area contributed by atoms with Crippen molar-refractivity contribution in [1.29, 1.82) is 0 Å². The van der Waals surface area contributed by atoms with E-state index in [0.29, 0.717) is 28.8 Å². The quantitative estimate of drug-likeness (QED) is 0.237. The molecule has 3 fully saturated rings. The Labute approximate surface area is 290 Å². The second-order valence-electron chi connectivity index (χ2n) is 15.1. The van der Waals surface area contributed by atoms with E-state index in [9.17, 15) is 4.79 Å². The summed E-state index contributed by atoms with van der Waals surface area (Å²) in [6, 6.07) is 16.1. The Hall–Kier alpha value is -3.87. The van der Waals surface area contributed by atoms with Crippen LogP contribution in [0.5, 0.6) is 5.75 Å². The standard InChI is InChI=1S/C38H47ClN6O3/c1-36(2,3)48-35(46)45-15-12-38(13-16-45)24-32(25-38)43-17-19-44(20-18-43)34-41-14-11-30(42-34)26-47-33-9-7-27(8-10-33)37(4,5)28-21-29(39)23-31(22-28)40-6/h7-11,14,21-23,32H,12-13,15-20,24-26H2,1-5H3. The van der Waals surface area contributed by atoms with Gasteiger partial charge in [-0.05, 0) is 93.3 Å². The predicted octanol–water partition coefficient (Wildman–Crippen LogP) is 7.89. The molecule has 1 aliphatic carbocycles. The van der Waals surface area contributed by atoms with Crippen molar-refractivity contribution in [3.63, 3.8) is 0 Å². The van der Waals surface area contributed by atoms with Crippen LogP contribution >= 0.6 is 11.6 Å². The number of ether oxygens (including phenoxy) is 2. The maximum atomic E-state index is 12.5. The van der Waals surface area contributed by atoms with Crippen molar-refractivity contribution in [2.45, 2.75) is 84.0 Å². The van der Waals surface area contributed by atoms with Crippen LogP contribution in [0.4, 0.5) is 16.4 Å². The molecule has 0 radical (unpaired) electrons. The van der Waals surface area contributed by atoms with Gasteiger partial charge in [-0.15, -0.1) is 0 Å². The monoisotopic (exact) mass is 670 g/mol. The molecule has 9 nitrogen and oxygen atoms in total. The zero-order valence-corrected chi connectivity index (χ0v) is 29.6. The topological polar surface area (TPSA) is 75.4 Å². The molecule has 2 aromatic carbocycles. The molecule has 0 unspecified atom stereocenters. The molecule has 2 saturated heterocycles. The minimum absolute atomic E-state index is 0.177. The molecule has 1 saturated carbocycles. The number of amides is 1. The third-order valence-corrected chi connectivity index (χ3v) is 10.5. The first-order valence-corrected chi connectivity index (χ1v) is 17.4. The number of carbonyl (C=O) groups is 1. The fraction of sp³-hybridized carbons (Fsp3) is 0.526. The largest absolute Gasteiger partial charge is 0.487 e. The number of nitrogens with zero attached hydrogens (tertiary/aromatic N) is 6. The molecule has 0 atom stereocenters. The van der Waals surface area contributed by atoms with E-state index in [1.54, 1.807) is 6.07 Å². The lowest BCUT2D eigenvalue weighted by molar-refractivity contribution is -0.0489. The van der Waals surface area contributed by atoms with E-state index in [1.807, 2.05) is 62.2 Å². The fourth-order valence-corrected chi connectivity index (χ4v) is 7.52. The van der Waals surface area contributed by atoms with E-state index >= 15 is 0 Å². The molecule has 0 N–H and O–H groups in total. The van der Waals surface area contributed by atoms with Gasteiger partial charge >= 0.3 is 6.09 Å². The summed E-state index contributed by atoms with van der Waals surface area (Å²) in [5.41, 5.74) is 3.10. The molecule has 10 heteroatoms. The number of hydrogen-bond acceptors (Lipinski definition) is 7. The normalized spacial score (nSPS) is 18.7. The number of benzene rings is 2. The van der Waals surface area contributed by atoms with Crippen LogP contribution < -0.4 is 9.64 Å². The SMILES string of the molecule is [C-]#[N+]c1cc(Cl)cc(C(C)(C)c2ccc(OCc3ccnc(N4CCN(C5CC6(CCN(C(=O)OC(C)(C)C)CC6)C5)CC4)n3)cc2)c1. The average Bonchev–Trinajstić information content (AvgIpc) is 3.05. The molecular weight excluding hydrogens is 624 g/mol. The first-order chi connectivity index (χ1) is 22.8. The Kier molecular flexibility index (Phi) is 9.61. The van der Waals surface area contributed by atoms with E-state index in [0.717, 1.165) is 80.6 Å². The van der Waals surface area contributed by atoms with Gasteiger partial charge in [0.15, 0.2) is 5.69 Å². The summed E-state index contributed by atoms with van der Waals surface area (Å²) in [4.78, 5) is 32.3. The second kappa shape index (κ2) is 13.6. The average molecular weight is 671 g/mol. The van der Waals surface area contributed by atoms with Gasteiger partial charge < -0.3 is 19.3 Å². The summed E-state index contributed by atoms with van der Waals surface area (Å²) in [5, 5.41) is 0.569. The summed E-state index contributed by atoms with van der Waals surface area (Å²) in [5.74, 6) is 1.53. The molecule has 2 aliphatic heterocycles. The highest BCUT2D eigenvalue weighted by molar-refractivity contribution is 6.31. The van der Waals surface area contributed by atoms with Crippen LogP contribution in [-0.2, 0) is 16.8 Å². The van der Waals surface area contributed by atoms with E-state index in [1.165, 1.54) is 12.8 Å². The van der Waals surface area contributed by atoms with Crippen LogP contribution in [0.15, 0.2) is 54.7 Å². The molecule has 1 aromatic heterocycles. The highest BCUT2D eigenvalue weighted by Gasteiger charge is 2.48. The number of carbonyl (C=O) groups excluding carboxylic acids is 1. The highest BCUT2D eigenvalue weighted by Crippen LogP contribution is 2.51. The van der Waals surface area contributed by atoms with Crippen molar-refractivity contribution in [3.8, 4) is 5.75 Å². The number of hydrogen-bond donors (Lipinski definition) is 0. The summed E-state index contributed by atoms with van der Waals surface area (Å²) < 4.78 is 11.7. The smallest absolute Gasteiger partial charge is 0.410 e. The molecular formula is C38H47ClN6O3. The summed E-state index contributed by atoms with van der Waals surface area (Å²) in [7, 11) is 0. The van der Waals surface area contributed by atoms with E-state index in [-0.39, 0.29) is 11.5 Å². The molecule has 0 bridgehead atoms. The van der Waals surface area contributed by atoms with E-state index in [2.05, 4.69) is 45.6 Å². The predicted molar refractivity (Wildman–Crippen MR) is 189 cm³/mol. The number of anilines is 1. The van der Waals surface area contributed by atoms with Gasteiger partial charge in [0.05, 0.1) is 12.3 Å². The van der Waals surface area contributed by atoms with Crippen LogP contribution in [0, 0.1) is 12.0 Å². The molecule has 1 amide bonds. The Bertz CT molecular complexity index is 1640. The van der Waals surface area contributed by atoms with Gasteiger partial charge in [0, 0.05) is 61.9 Å². The molecule has 1 spiro atoms. The Balaban J connectivity index is 0.963. The maximum Gasteiger partial charge on any atom is 0.410 e.